The number of likely N-dealkylation sites (tertiary alicyclic amines) is 1. The van der Waals surface area contributed by atoms with Crippen LogP contribution in [0.4, 0.5) is 0 Å². The van der Waals surface area contributed by atoms with Gasteiger partial charge in [-0.25, -0.2) is 0 Å². The Kier molecular flexibility index (Phi) is 6.59. The van der Waals surface area contributed by atoms with E-state index in [2.05, 4.69) is 40.3 Å². The molecule has 6 nitrogen and oxygen atoms in total. The third kappa shape index (κ3) is 5.32. The Bertz CT molecular complexity index is 501. The van der Waals surface area contributed by atoms with Gasteiger partial charge >= 0.3 is 0 Å². The van der Waals surface area contributed by atoms with Crippen LogP contribution in [-0.4, -0.2) is 53.3 Å². The molecule has 2 N–H and O–H groups in total. The van der Waals surface area contributed by atoms with Crippen molar-refractivity contribution in [3.8, 4) is 0 Å². The first-order valence-corrected chi connectivity index (χ1v) is 8.60. The molecule has 0 radical (unpaired) electrons. The standard InChI is InChI=1S/C17H30N4O2/c1-5-23-7-6-17(22)18-16-11-21(10-15(16)12(2)3)9-14-8-13(4)19-20-14/h8,12,15-16H,5-7,9-11H2,1-4H3,(H,18,22)(H,19,20)/t15-,16+/m1/s1. The van der Waals surface area contributed by atoms with Crippen molar-refractivity contribution in [3.63, 3.8) is 0 Å². The second kappa shape index (κ2) is 8.45. The number of nitrogens with zero attached hydrogens (tertiary/aromatic N) is 2. The molecular weight excluding hydrogens is 292 g/mol. The molecule has 1 fully saturated rings. The number of nitrogens with one attached hydrogen (secondary N) is 2. The van der Waals surface area contributed by atoms with Crippen molar-refractivity contribution < 1.29 is 9.53 Å². The zero-order chi connectivity index (χ0) is 16.8. The van der Waals surface area contributed by atoms with E-state index in [-0.39, 0.29) is 11.9 Å². The summed E-state index contributed by atoms with van der Waals surface area (Å²) in [5.41, 5.74) is 2.15. The minimum absolute atomic E-state index is 0.0894. The van der Waals surface area contributed by atoms with Crippen molar-refractivity contribution in [1.29, 1.82) is 0 Å². The molecule has 1 aromatic heterocycles. The van der Waals surface area contributed by atoms with Gasteiger partial charge in [0, 0.05) is 44.4 Å². The van der Waals surface area contributed by atoms with Gasteiger partial charge in [0.2, 0.25) is 5.91 Å². The van der Waals surface area contributed by atoms with E-state index in [0.29, 0.717) is 31.5 Å². The van der Waals surface area contributed by atoms with Crippen molar-refractivity contribution in [3.05, 3.63) is 17.5 Å². The van der Waals surface area contributed by atoms with Gasteiger partial charge in [-0.2, -0.15) is 5.10 Å². The predicted molar refractivity (Wildman–Crippen MR) is 90.0 cm³/mol. The molecule has 0 bridgehead atoms. The summed E-state index contributed by atoms with van der Waals surface area (Å²) in [7, 11) is 0. The molecule has 2 atom stereocenters. The van der Waals surface area contributed by atoms with Crippen LogP contribution in [0.15, 0.2) is 6.07 Å². The number of carbonyl (C=O) groups is 1. The number of H-pyrrole nitrogens is 1. The van der Waals surface area contributed by atoms with Crippen molar-refractivity contribution in [2.45, 2.75) is 46.7 Å². The second-order valence-corrected chi connectivity index (χ2v) is 6.77. The highest BCUT2D eigenvalue weighted by Gasteiger charge is 2.35. The lowest BCUT2D eigenvalue weighted by molar-refractivity contribution is -0.123. The van der Waals surface area contributed by atoms with E-state index in [1.54, 1.807) is 0 Å². The van der Waals surface area contributed by atoms with E-state index in [9.17, 15) is 4.79 Å². The van der Waals surface area contributed by atoms with Crippen molar-refractivity contribution >= 4 is 5.91 Å². The van der Waals surface area contributed by atoms with Gasteiger partial charge in [-0.05, 0) is 31.7 Å². The first kappa shape index (κ1) is 17.9. The van der Waals surface area contributed by atoms with Crippen molar-refractivity contribution in [2.24, 2.45) is 11.8 Å². The fourth-order valence-corrected chi connectivity index (χ4v) is 3.24. The van der Waals surface area contributed by atoms with E-state index in [1.165, 1.54) is 0 Å². The predicted octanol–water partition coefficient (Wildman–Crippen LogP) is 1.72. The largest absolute Gasteiger partial charge is 0.381 e. The number of aryl methyl sites for hydroxylation is 1. The van der Waals surface area contributed by atoms with Crippen LogP contribution in [0.2, 0.25) is 0 Å². The van der Waals surface area contributed by atoms with E-state index in [4.69, 9.17) is 4.74 Å². The molecule has 6 heteroatoms. The van der Waals surface area contributed by atoms with Gasteiger partial charge in [-0.3, -0.25) is 14.8 Å². The van der Waals surface area contributed by atoms with E-state index < -0.39 is 0 Å². The summed E-state index contributed by atoms with van der Waals surface area (Å²) < 4.78 is 5.26. The van der Waals surface area contributed by atoms with Crippen LogP contribution in [0.1, 0.15) is 38.6 Å². The van der Waals surface area contributed by atoms with Crippen LogP contribution in [0.5, 0.6) is 0 Å². The molecule has 0 unspecified atom stereocenters. The number of aromatic amines is 1. The number of hydrogen-bond donors (Lipinski definition) is 2. The van der Waals surface area contributed by atoms with Crippen LogP contribution in [0.25, 0.3) is 0 Å². The smallest absolute Gasteiger partial charge is 0.222 e. The van der Waals surface area contributed by atoms with Crippen LogP contribution in [-0.2, 0) is 16.1 Å². The van der Waals surface area contributed by atoms with Crippen LogP contribution in [0, 0.1) is 18.8 Å². The van der Waals surface area contributed by atoms with Gasteiger partial charge in [0.1, 0.15) is 0 Å². The molecule has 0 saturated carbocycles. The van der Waals surface area contributed by atoms with Crippen LogP contribution < -0.4 is 5.32 Å². The van der Waals surface area contributed by atoms with E-state index in [0.717, 1.165) is 31.0 Å². The Morgan fingerprint density at radius 1 is 1.52 bits per heavy atom. The van der Waals surface area contributed by atoms with Crippen molar-refractivity contribution in [1.82, 2.24) is 20.4 Å². The first-order chi connectivity index (χ1) is 11.0. The molecule has 1 saturated heterocycles. The van der Waals surface area contributed by atoms with Gasteiger partial charge in [0.15, 0.2) is 0 Å². The van der Waals surface area contributed by atoms with E-state index >= 15 is 0 Å². The highest BCUT2D eigenvalue weighted by Crippen LogP contribution is 2.25. The molecule has 0 spiro atoms. The summed E-state index contributed by atoms with van der Waals surface area (Å²) in [5.74, 6) is 1.11. The molecule has 1 aromatic rings. The Morgan fingerprint density at radius 3 is 2.91 bits per heavy atom. The summed E-state index contributed by atoms with van der Waals surface area (Å²) >= 11 is 0. The number of amides is 1. The zero-order valence-corrected chi connectivity index (χ0v) is 14.8. The molecule has 23 heavy (non-hydrogen) atoms. The number of carbonyl (C=O) groups excluding carboxylic acids is 1. The Labute approximate surface area is 139 Å². The zero-order valence-electron chi connectivity index (χ0n) is 14.8. The lowest BCUT2D eigenvalue weighted by Crippen LogP contribution is -2.42. The minimum atomic E-state index is 0.0894. The van der Waals surface area contributed by atoms with Crippen LogP contribution >= 0.6 is 0 Å². The normalized spacial score (nSPS) is 22.0. The van der Waals surface area contributed by atoms with E-state index in [1.807, 2.05) is 13.8 Å². The Morgan fingerprint density at radius 2 is 2.30 bits per heavy atom. The minimum Gasteiger partial charge on any atom is -0.381 e. The number of hydrogen-bond acceptors (Lipinski definition) is 4. The molecule has 2 rings (SSSR count). The Hall–Kier alpha value is -1.40. The molecule has 1 amide bonds. The second-order valence-electron chi connectivity index (χ2n) is 6.77. The lowest BCUT2D eigenvalue weighted by atomic mass is 9.91. The van der Waals surface area contributed by atoms with Gasteiger partial charge in [-0.15, -0.1) is 0 Å². The molecule has 1 aliphatic rings. The molecule has 2 heterocycles. The lowest BCUT2D eigenvalue weighted by Gasteiger charge is -2.23. The van der Waals surface area contributed by atoms with Gasteiger partial charge in [0.05, 0.1) is 12.3 Å². The van der Waals surface area contributed by atoms with Crippen LogP contribution in [0.3, 0.4) is 0 Å². The summed E-state index contributed by atoms with van der Waals surface area (Å²) in [6.07, 6.45) is 0.438. The highest BCUT2D eigenvalue weighted by atomic mass is 16.5. The van der Waals surface area contributed by atoms with Crippen molar-refractivity contribution in [2.75, 3.05) is 26.3 Å². The monoisotopic (exact) mass is 322 g/mol. The topological polar surface area (TPSA) is 70.2 Å². The number of rotatable bonds is 8. The average Bonchev–Trinajstić information content (AvgIpc) is 3.06. The van der Waals surface area contributed by atoms with Gasteiger partial charge in [0.25, 0.3) is 0 Å². The first-order valence-electron chi connectivity index (χ1n) is 8.60. The number of aromatic nitrogens is 2. The quantitative estimate of drug-likeness (QED) is 0.715. The number of ether oxygens (including phenoxy) is 1. The molecule has 0 aromatic carbocycles. The maximum absolute atomic E-state index is 12.1. The third-order valence-electron chi connectivity index (χ3n) is 4.47. The molecule has 0 aliphatic carbocycles. The molecule has 1 aliphatic heterocycles. The fraction of sp³-hybridized carbons (Fsp3) is 0.765. The summed E-state index contributed by atoms with van der Waals surface area (Å²) in [4.78, 5) is 14.5. The fourth-order valence-electron chi connectivity index (χ4n) is 3.24. The summed E-state index contributed by atoms with van der Waals surface area (Å²) in [6, 6.07) is 2.29. The maximum Gasteiger partial charge on any atom is 0.222 e. The molecule has 130 valence electrons. The highest BCUT2D eigenvalue weighted by molar-refractivity contribution is 5.76. The maximum atomic E-state index is 12.1. The average molecular weight is 322 g/mol. The summed E-state index contributed by atoms with van der Waals surface area (Å²) in [5, 5.41) is 10.5. The SMILES string of the molecule is CCOCCC(=O)N[C@H]1CN(Cc2cc(C)[nH]n2)C[C@@H]1C(C)C. The summed E-state index contributed by atoms with van der Waals surface area (Å²) in [6.45, 7) is 12.3. The Balaban J connectivity index is 1.88. The van der Waals surface area contributed by atoms with Gasteiger partial charge < -0.3 is 10.1 Å². The van der Waals surface area contributed by atoms with Gasteiger partial charge in [-0.1, -0.05) is 13.8 Å². The molecular formula is C17H30N4O2. The third-order valence-corrected chi connectivity index (χ3v) is 4.47.